The van der Waals surface area contributed by atoms with E-state index in [2.05, 4.69) is 0 Å². The summed E-state index contributed by atoms with van der Waals surface area (Å²) in [5.41, 5.74) is 1.47. The van der Waals surface area contributed by atoms with E-state index in [0.29, 0.717) is 18.7 Å². The average Bonchev–Trinajstić information content (AvgIpc) is 2.88. The fourth-order valence-corrected chi connectivity index (χ4v) is 2.69. The highest BCUT2D eigenvalue weighted by Crippen LogP contribution is 2.22. The molecular weight excluding hydrogens is 272 g/mol. The Morgan fingerprint density at radius 2 is 2.14 bits per heavy atom. The molecule has 6 nitrogen and oxygen atoms in total. The van der Waals surface area contributed by atoms with E-state index < -0.39 is 12.0 Å². The molecule has 2 heterocycles. The second kappa shape index (κ2) is 5.21. The summed E-state index contributed by atoms with van der Waals surface area (Å²) in [4.78, 5) is 25.4. The van der Waals surface area contributed by atoms with Gasteiger partial charge in [0.2, 0.25) is 0 Å². The molecule has 110 valence electrons. The van der Waals surface area contributed by atoms with Crippen LogP contribution in [-0.2, 0) is 16.6 Å². The van der Waals surface area contributed by atoms with E-state index >= 15 is 0 Å². The Morgan fingerprint density at radius 1 is 1.33 bits per heavy atom. The topological polar surface area (TPSA) is 71.8 Å². The lowest BCUT2D eigenvalue weighted by atomic mass is 10.1. The number of carboxylic acid groups (broad SMARTS) is 1. The molecule has 2 aromatic rings. The Balaban J connectivity index is 2.01. The summed E-state index contributed by atoms with van der Waals surface area (Å²) in [6.07, 6.45) is 1.88. The van der Waals surface area contributed by atoms with Crippen molar-refractivity contribution in [1.29, 1.82) is 0 Å². The van der Waals surface area contributed by atoms with Crippen LogP contribution in [0.2, 0.25) is 0 Å². The molecule has 1 aromatic carbocycles. The molecule has 1 amide bonds. The zero-order chi connectivity index (χ0) is 15.0. The quantitative estimate of drug-likeness (QED) is 0.898. The second-order valence-electron chi connectivity index (χ2n) is 5.09. The minimum atomic E-state index is -1.04. The molecule has 0 saturated carbocycles. The van der Waals surface area contributed by atoms with E-state index in [4.69, 9.17) is 4.74 Å². The standard InChI is InChI=1S/C15H16N2O4/c1-16-6-5-10-11(3-2-4-12(10)16)14(18)17-7-8-21-9-13(17)15(19)20/h2-6,13H,7-9H2,1H3,(H,19,20)/t13-/m1/s1. The maximum Gasteiger partial charge on any atom is 0.328 e. The first-order valence-corrected chi connectivity index (χ1v) is 6.75. The Bertz CT molecular complexity index is 707. The highest BCUT2D eigenvalue weighted by molar-refractivity contribution is 6.07. The molecule has 0 radical (unpaired) electrons. The third kappa shape index (κ3) is 2.27. The lowest BCUT2D eigenvalue weighted by Crippen LogP contribution is -2.52. The molecule has 1 aromatic heterocycles. The molecule has 1 atom stereocenters. The number of rotatable bonds is 2. The van der Waals surface area contributed by atoms with E-state index in [1.807, 2.05) is 36.0 Å². The zero-order valence-electron chi connectivity index (χ0n) is 11.7. The predicted octanol–water partition coefficient (Wildman–Crippen LogP) is 1.10. The van der Waals surface area contributed by atoms with Gasteiger partial charge in [0.05, 0.1) is 13.2 Å². The normalized spacial score (nSPS) is 18.9. The Labute approximate surface area is 121 Å². The average molecular weight is 288 g/mol. The number of carbonyl (C=O) groups is 2. The number of morpholine rings is 1. The molecule has 1 fully saturated rings. The van der Waals surface area contributed by atoms with E-state index in [9.17, 15) is 14.7 Å². The molecule has 1 N–H and O–H groups in total. The number of aromatic nitrogens is 1. The summed E-state index contributed by atoms with van der Waals surface area (Å²) < 4.78 is 7.10. The van der Waals surface area contributed by atoms with Crippen molar-refractivity contribution in [1.82, 2.24) is 9.47 Å². The number of carbonyl (C=O) groups excluding carboxylic acids is 1. The Hall–Kier alpha value is -2.34. The molecule has 1 saturated heterocycles. The lowest BCUT2D eigenvalue weighted by Gasteiger charge is -2.33. The van der Waals surface area contributed by atoms with Crippen LogP contribution >= 0.6 is 0 Å². The summed E-state index contributed by atoms with van der Waals surface area (Å²) in [5.74, 6) is -1.30. The summed E-state index contributed by atoms with van der Waals surface area (Å²) >= 11 is 0. The molecule has 1 aliphatic heterocycles. The number of hydrogen-bond acceptors (Lipinski definition) is 3. The van der Waals surface area contributed by atoms with Crippen LogP contribution < -0.4 is 0 Å². The fraction of sp³-hybridized carbons (Fsp3) is 0.333. The molecule has 3 rings (SSSR count). The predicted molar refractivity (Wildman–Crippen MR) is 76.2 cm³/mol. The van der Waals surface area contributed by atoms with Crippen LogP contribution in [0.5, 0.6) is 0 Å². The van der Waals surface area contributed by atoms with Crippen molar-refractivity contribution in [3.05, 3.63) is 36.0 Å². The number of nitrogens with zero attached hydrogens (tertiary/aromatic N) is 2. The first kappa shape index (κ1) is 13.6. The number of aryl methyl sites for hydroxylation is 1. The van der Waals surface area contributed by atoms with Gasteiger partial charge in [-0.2, -0.15) is 0 Å². The fourth-order valence-electron chi connectivity index (χ4n) is 2.69. The van der Waals surface area contributed by atoms with Gasteiger partial charge in [0.15, 0.2) is 6.04 Å². The van der Waals surface area contributed by atoms with Crippen molar-refractivity contribution in [3.8, 4) is 0 Å². The van der Waals surface area contributed by atoms with Crippen LogP contribution in [-0.4, -0.2) is 52.3 Å². The molecule has 0 aliphatic carbocycles. The van der Waals surface area contributed by atoms with Gasteiger partial charge in [0.1, 0.15) is 0 Å². The third-order valence-electron chi connectivity index (χ3n) is 3.83. The van der Waals surface area contributed by atoms with Gasteiger partial charge >= 0.3 is 5.97 Å². The van der Waals surface area contributed by atoms with Gasteiger partial charge in [-0.25, -0.2) is 4.79 Å². The number of hydrogen-bond donors (Lipinski definition) is 1. The van der Waals surface area contributed by atoms with Crippen molar-refractivity contribution in [3.63, 3.8) is 0 Å². The van der Waals surface area contributed by atoms with E-state index in [-0.39, 0.29) is 12.5 Å². The Morgan fingerprint density at radius 3 is 2.90 bits per heavy atom. The van der Waals surface area contributed by atoms with Crippen LogP contribution in [0.3, 0.4) is 0 Å². The van der Waals surface area contributed by atoms with Crippen LogP contribution in [0.4, 0.5) is 0 Å². The molecule has 0 spiro atoms. The SMILES string of the molecule is Cn1ccc2c(C(=O)N3CCOC[C@@H]3C(=O)O)cccc21. The Kier molecular flexibility index (Phi) is 3.39. The first-order chi connectivity index (χ1) is 10.1. The molecule has 6 heteroatoms. The zero-order valence-corrected chi connectivity index (χ0v) is 11.7. The highest BCUT2D eigenvalue weighted by atomic mass is 16.5. The number of aliphatic carboxylic acids is 1. The molecule has 0 unspecified atom stereocenters. The number of carboxylic acids is 1. The van der Waals surface area contributed by atoms with Gasteiger partial charge < -0.3 is 19.3 Å². The smallest absolute Gasteiger partial charge is 0.328 e. The van der Waals surface area contributed by atoms with Gasteiger partial charge in [-0.15, -0.1) is 0 Å². The van der Waals surface area contributed by atoms with E-state index in [0.717, 1.165) is 10.9 Å². The van der Waals surface area contributed by atoms with Crippen LogP contribution in [0.1, 0.15) is 10.4 Å². The minimum Gasteiger partial charge on any atom is -0.480 e. The summed E-state index contributed by atoms with van der Waals surface area (Å²) in [6, 6.07) is 6.43. The second-order valence-corrected chi connectivity index (χ2v) is 5.09. The van der Waals surface area contributed by atoms with Gasteiger partial charge in [0, 0.05) is 36.3 Å². The summed E-state index contributed by atoms with van der Waals surface area (Å²) in [6.45, 7) is 0.686. The van der Waals surface area contributed by atoms with Gasteiger partial charge in [-0.05, 0) is 18.2 Å². The van der Waals surface area contributed by atoms with Crippen molar-refractivity contribution in [2.24, 2.45) is 7.05 Å². The molecular formula is C15H16N2O4. The maximum atomic E-state index is 12.7. The molecule has 1 aliphatic rings. The number of amides is 1. The monoisotopic (exact) mass is 288 g/mol. The van der Waals surface area contributed by atoms with E-state index in [1.165, 1.54) is 4.90 Å². The first-order valence-electron chi connectivity index (χ1n) is 6.75. The van der Waals surface area contributed by atoms with Crippen molar-refractivity contribution < 1.29 is 19.4 Å². The largest absolute Gasteiger partial charge is 0.480 e. The number of ether oxygens (including phenoxy) is 1. The van der Waals surface area contributed by atoms with Crippen molar-refractivity contribution >= 4 is 22.8 Å². The van der Waals surface area contributed by atoms with Crippen molar-refractivity contribution in [2.75, 3.05) is 19.8 Å². The van der Waals surface area contributed by atoms with Crippen LogP contribution in [0, 0.1) is 0 Å². The van der Waals surface area contributed by atoms with Gasteiger partial charge in [-0.3, -0.25) is 4.79 Å². The minimum absolute atomic E-state index is 0.0336. The summed E-state index contributed by atoms with van der Waals surface area (Å²) in [7, 11) is 1.91. The molecule has 0 bridgehead atoms. The van der Waals surface area contributed by atoms with Crippen molar-refractivity contribution in [2.45, 2.75) is 6.04 Å². The van der Waals surface area contributed by atoms with E-state index in [1.54, 1.807) is 6.07 Å². The number of fused-ring (bicyclic) bond motifs is 1. The van der Waals surface area contributed by atoms with Gasteiger partial charge in [-0.1, -0.05) is 6.07 Å². The number of benzene rings is 1. The summed E-state index contributed by atoms with van der Waals surface area (Å²) in [5, 5.41) is 10.1. The highest BCUT2D eigenvalue weighted by Gasteiger charge is 2.33. The lowest BCUT2D eigenvalue weighted by molar-refractivity contribution is -0.147. The molecule has 21 heavy (non-hydrogen) atoms. The van der Waals surface area contributed by atoms with Crippen LogP contribution in [0.15, 0.2) is 30.5 Å². The van der Waals surface area contributed by atoms with Gasteiger partial charge in [0.25, 0.3) is 5.91 Å². The van der Waals surface area contributed by atoms with Crippen LogP contribution in [0.25, 0.3) is 10.9 Å². The maximum absolute atomic E-state index is 12.7. The third-order valence-corrected chi connectivity index (χ3v) is 3.83.